The monoisotopic (exact) mass is 550 g/mol. The number of hydrogen-bond donors (Lipinski definition) is 0. The van der Waals surface area contributed by atoms with E-state index in [0.29, 0.717) is 36.9 Å². The highest BCUT2D eigenvalue weighted by molar-refractivity contribution is 8.01. The molecule has 1 unspecified atom stereocenters. The van der Waals surface area contributed by atoms with Gasteiger partial charge in [-0.1, -0.05) is 18.2 Å². The number of benzene rings is 3. The molecule has 2 aliphatic rings. The quantitative estimate of drug-likeness (QED) is 0.299. The lowest BCUT2D eigenvalue weighted by atomic mass is 9.90. The van der Waals surface area contributed by atoms with Crippen LogP contribution in [0.2, 0.25) is 0 Å². The van der Waals surface area contributed by atoms with Crippen molar-refractivity contribution in [2.75, 3.05) is 52.9 Å². The van der Waals surface area contributed by atoms with E-state index < -0.39 is 4.75 Å². The van der Waals surface area contributed by atoms with Crippen LogP contribution in [0.25, 0.3) is 0 Å². The van der Waals surface area contributed by atoms with Crippen molar-refractivity contribution in [1.29, 1.82) is 0 Å². The third-order valence-corrected chi connectivity index (χ3v) is 8.75. The highest BCUT2D eigenvalue weighted by atomic mass is 32.2. The molecule has 5 rings (SSSR count). The molecular formula is C30H34N2O6S. The van der Waals surface area contributed by atoms with Crippen LogP contribution in [0.3, 0.4) is 0 Å². The van der Waals surface area contributed by atoms with Crippen LogP contribution in [0, 0.1) is 0 Å². The van der Waals surface area contributed by atoms with Crippen LogP contribution in [-0.2, 0) is 21.0 Å². The summed E-state index contributed by atoms with van der Waals surface area (Å²) in [6.07, 6.45) is 1.49. The number of likely N-dealkylation sites (N-methyl/N-ethyl adjacent to an activating group) is 2. The predicted molar refractivity (Wildman–Crippen MR) is 151 cm³/mol. The van der Waals surface area contributed by atoms with Crippen LogP contribution in [0.5, 0.6) is 23.0 Å². The van der Waals surface area contributed by atoms with E-state index >= 15 is 0 Å². The highest BCUT2D eigenvalue weighted by Crippen LogP contribution is 2.53. The molecule has 2 heterocycles. The molecule has 3 aromatic rings. The first-order valence-corrected chi connectivity index (χ1v) is 13.8. The molecular weight excluding hydrogens is 516 g/mol. The molecule has 39 heavy (non-hydrogen) atoms. The van der Waals surface area contributed by atoms with Crippen molar-refractivity contribution >= 4 is 23.4 Å². The van der Waals surface area contributed by atoms with Crippen molar-refractivity contribution < 1.29 is 28.8 Å². The maximum Gasteiger partial charge on any atom is 0.247 e. The molecule has 0 N–H and O–H groups in total. The molecule has 0 saturated carbocycles. The lowest BCUT2D eigenvalue weighted by Crippen LogP contribution is -2.46. The summed E-state index contributed by atoms with van der Waals surface area (Å²) < 4.78 is 16.2. The number of para-hydroxylation sites is 1. The molecule has 0 bridgehead atoms. The van der Waals surface area contributed by atoms with Gasteiger partial charge in [0.2, 0.25) is 5.91 Å². The first-order valence-electron chi connectivity index (χ1n) is 13.0. The Hall–Kier alpha value is -3.40. The van der Waals surface area contributed by atoms with Crippen LogP contribution in [0.1, 0.15) is 24.0 Å². The maximum absolute atomic E-state index is 14.0. The number of ether oxygens (including phenoxy) is 3. The number of nitrogens with zero attached hydrogens (tertiary/aromatic N) is 2. The van der Waals surface area contributed by atoms with Crippen molar-refractivity contribution in [2.24, 2.45) is 0 Å². The lowest BCUT2D eigenvalue weighted by molar-refractivity contribution is -0.194. The van der Waals surface area contributed by atoms with Gasteiger partial charge in [-0.2, -0.15) is 4.89 Å². The summed E-state index contributed by atoms with van der Waals surface area (Å²) in [5.74, 6) is 2.78. The third-order valence-electron chi connectivity index (χ3n) is 7.22. The number of anilines is 1. The zero-order valence-electron chi connectivity index (χ0n) is 22.8. The van der Waals surface area contributed by atoms with Crippen molar-refractivity contribution in [3.8, 4) is 23.0 Å². The van der Waals surface area contributed by atoms with Crippen LogP contribution in [0.4, 0.5) is 5.69 Å². The number of hydrogen-bond acceptors (Lipinski definition) is 8. The Kier molecular flexibility index (Phi) is 8.20. The zero-order chi connectivity index (χ0) is 27.4. The molecule has 1 atom stereocenters. The third kappa shape index (κ3) is 5.52. The van der Waals surface area contributed by atoms with Crippen molar-refractivity contribution in [1.82, 2.24) is 4.90 Å². The summed E-state index contributed by atoms with van der Waals surface area (Å²) in [5.41, 5.74) is 2.86. The van der Waals surface area contributed by atoms with E-state index in [1.807, 2.05) is 61.6 Å². The van der Waals surface area contributed by atoms with Crippen LogP contribution in [0.15, 0.2) is 65.6 Å². The summed E-state index contributed by atoms with van der Waals surface area (Å²) in [4.78, 5) is 29.3. The summed E-state index contributed by atoms with van der Waals surface area (Å²) in [7, 11) is 7.16. The van der Waals surface area contributed by atoms with Gasteiger partial charge in [0.25, 0.3) is 0 Å². The Morgan fingerprint density at radius 2 is 1.85 bits per heavy atom. The van der Waals surface area contributed by atoms with Crippen LogP contribution in [-0.4, -0.2) is 58.8 Å². The van der Waals surface area contributed by atoms with Gasteiger partial charge in [0.15, 0.2) is 17.2 Å². The maximum atomic E-state index is 14.0. The number of carbonyl (C=O) groups is 1. The molecule has 2 aliphatic heterocycles. The van der Waals surface area contributed by atoms with E-state index in [4.69, 9.17) is 24.0 Å². The first-order chi connectivity index (χ1) is 18.9. The van der Waals surface area contributed by atoms with Gasteiger partial charge in [0.05, 0.1) is 19.9 Å². The summed E-state index contributed by atoms with van der Waals surface area (Å²) in [5, 5.41) is 0. The molecule has 0 spiro atoms. The second kappa shape index (κ2) is 11.8. The van der Waals surface area contributed by atoms with E-state index in [9.17, 15) is 4.79 Å². The van der Waals surface area contributed by atoms with Gasteiger partial charge in [-0.3, -0.25) is 4.79 Å². The number of thioether (sulfide) groups is 1. The van der Waals surface area contributed by atoms with Gasteiger partial charge in [0.1, 0.15) is 23.7 Å². The van der Waals surface area contributed by atoms with Gasteiger partial charge in [0, 0.05) is 30.1 Å². The van der Waals surface area contributed by atoms with Gasteiger partial charge < -0.3 is 28.9 Å². The molecule has 0 fully saturated rings. The second-order valence-corrected chi connectivity index (χ2v) is 11.0. The van der Waals surface area contributed by atoms with Crippen molar-refractivity contribution in [3.05, 3.63) is 71.8 Å². The molecule has 0 radical (unpaired) electrons. The van der Waals surface area contributed by atoms with E-state index in [0.717, 1.165) is 47.0 Å². The van der Waals surface area contributed by atoms with E-state index in [1.165, 1.54) is 0 Å². The lowest BCUT2D eigenvalue weighted by Gasteiger charge is -2.41. The standard InChI is InChI=1S/C30H34N2O6S/c1-31(16-17-36-23-12-10-21-20-37-38-26(21)19-23)15-7-14-30(22-11-13-25(34-3)27(18-22)35-4)29(33)32(2)24-8-5-6-9-28(24)39-30/h5-6,8-13,18-19H,7,14-17,20H2,1-4H3. The first kappa shape index (κ1) is 27.2. The minimum absolute atomic E-state index is 0.0622. The predicted octanol–water partition coefficient (Wildman–Crippen LogP) is 5.28. The minimum Gasteiger partial charge on any atom is -0.493 e. The van der Waals surface area contributed by atoms with E-state index in [-0.39, 0.29) is 5.91 Å². The SMILES string of the molecule is COc1ccc(C2(CCCN(C)CCOc3ccc4c(c3)OOC4)Sc3ccccc3N(C)C2=O)cc1OC. The van der Waals surface area contributed by atoms with Gasteiger partial charge in [-0.15, -0.1) is 11.8 Å². The average molecular weight is 551 g/mol. The molecule has 206 valence electrons. The van der Waals surface area contributed by atoms with Crippen molar-refractivity contribution in [2.45, 2.75) is 29.1 Å². The van der Waals surface area contributed by atoms with Crippen molar-refractivity contribution in [3.63, 3.8) is 0 Å². The minimum atomic E-state index is -0.785. The molecule has 0 saturated heterocycles. The largest absolute Gasteiger partial charge is 0.493 e. The Morgan fingerprint density at radius 1 is 1.03 bits per heavy atom. The summed E-state index contributed by atoms with van der Waals surface area (Å²) in [6, 6.07) is 19.6. The smallest absolute Gasteiger partial charge is 0.247 e. The van der Waals surface area contributed by atoms with Crippen LogP contribution < -0.4 is 24.0 Å². The fraction of sp³-hybridized carbons (Fsp3) is 0.367. The topological polar surface area (TPSA) is 69.7 Å². The molecule has 8 nitrogen and oxygen atoms in total. The molecule has 0 aliphatic carbocycles. The van der Waals surface area contributed by atoms with Crippen LogP contribution >= 0.6 is 11.8 Å². The Bertz CT molecular complexity index is 1330. The normalized spacial score (nSPS) is 18.0. The summed E-state index contributed by atoms with van der Waals surface area (Å²) in [6.45, 7) is 2.58. The summed E-state index contributed by atoms with van der Waals surface area (Å²) >= 11 is 1.63. The zero-order valence-corrected chi connectivity index (χ0v) is 23.6. The van der Waals surface area contributed by atoms with E-state index in [2.05, 4.69) is 18.0 Å². The number of fused-ring (bicyclic) bond motifs is 2. The Morgan fingerprint density at radius 3 is 2.67 bits per heavy atom. The molecule has 1 amide bonds. The number of methoxy groups -OCH3 is 2. The van der Waals surface area contributed by atoms with Gasteiger partial charge in [-0.05, 0) is 68.4 Å². The number of carbonyl (C=O) groups excluding carboxylic acids is 1. The van der Waals surface area contributed by atoms with Gasteiger partial charge >= 0.3 is 0 Å². The number of amides is 1. The average Bonchev–Trinajstić information content (AvgIpc) is 3.43. The molecule has 3 aromatic carbocycles. The second-order valence-electron chi connectivity index (χ2n) is 9.70. The molecule has 9 heteroatoms. The van der Waals surface area contributed by atoms with E-state index in [1.54, 1.807) is 30.9 Å². The Labute approximate surface area is 233 Å². The molecule has 0 aromatic heterocycles. The Balaban J connectivity index is 1.28. The van der Waals surface area contributed by atoms with Gasteiger partial charge in [-0.25, -0.2) is 0 Å². The number of rotatable bonds is 11. The highest BCUT2D eigenvalue weighted by Gasteiger charge is 2.47. The fourth-order valence-corrected chi connectivity index (χ4v) is 6.56. The fourth-order valence-electron chi connectivity index (χ4n) is 5.01.